The fourth-order valence-corrected chi connectivity index (χ4v) is 1.32. The van der Waals surface area contributed by atoms with Gasteiger partial charge < -0.3 is 15.5 Å². The van der Waals surface area contributed by atoms with E-state index in [2.05, 4.69) is 10.3 Å². The summed E-state index contributed by atoms with van der Waals surface area (Å²) in [5.41, 5.74) is 7.33. The Morgan fingerprint density at radius 3 is 3.23 bits per heavy atom. The zero-order chi connectivity index (χ0) is 9.26. The number of rotatable bonds is 1. The van der Waals surface area contributed by atoms with Crippen molar-refractivity contribution in [3.05, 3.63) is 17.6 Å². The Labute approximate surface area is 76.1 Å². The number of fused-ring (bicyclic) bond motifs is 1. The summed E-state index contributed by atoms with van der Waals surface area (Å²) < 4.78 is 5.45. The second-order valence-corrected chi connectivity index (χ2v) is 2.79. The number of hydrogen-bond donors (Lipinski definition) is 2. The van der Waals surface area contributed by atoms with E-state index in [4.69, 9.17) is 10.2 Å². The van der Waals surface area contributed by atoms with Crippen LogP contribution in [-0.4, -0.2) is 19.8 Å². The van der Waals surface area contributed by atoms with Crippen LogP contribution < -0.4 is 11.1 Å². The molecule has 3 N–H and O–H groups in total. The van der Waals surface area contributed by atoms with Crippen LogP contribution in [0.2, 0.25) is 0 Å². The van der Waals surface area contributed by atoms with Crippen LogP contribution in [0.25, 0.3) is 6.08 Å². The number of hydrogen-bond acceptors (Lipinski definition) is 4. The predicted molar refractivity (Wildman–Crippen MR) is 54.2 cm³/mol. The highest BCUT2D eigenvalue weighted by molar-refractivity contribution is 5.92. The van der Waals surface area contributed by atoms with E-state index in [0.717, 1.165) is 18.0 Å². The maximum atomic E-state index is 5.83. The van der Waals surface area contributed by atoms with Gasteiger partial charge in [-0.2, -0.15) is 0 Å². The Bertz CT molecular complexity index is 376. The van der Waals surface area contributed by atoms with Gasteiger partial charge in [0.2, 0.25) is 0 Å². The van der Waals surface area contributed by atoms with Gasteiger partial charge in [0.25, 0.3) is 0 Å². The fourth-order valence-electron chi connectivity index (χ4n) is 1.32. The Kier molecular flexibility index (Phi) is 1.81. The van der Waals surface area contributed by atoms with E-state index >= 15 is 0 Å². The predicted octanol–water partition coefficient (Wildman–Crippen LogP) is 1.35. The molecule has 2 heterocycles. The van der Waals surface area contributed by atoms with Gasteiger partial charge in [-0.25, -0.2) is 0 Å². The first-order valence-electron chi connectivity index (χ1n) is 4.07. The zero-order valence-corrected chi connectivity index (χ0v) is 7.37. The summed E-state index contributed by atoms with van der Waals surface area (Å²) >= 11 is 0. The van der Waals surface area contributed by atoms with E-state index in [1.807, 2.05) is 12.2 Å². The topological polar surface area (TPSA) is 63.5 Å². The van der Waals surface area contributed by atoms with Crippen LogP contribution in [0.3, 0.4) is 0 Å². The number of anilines is 2. The molecule has 0 amide bonds. The first kappa shape index (κ1) is 7.91. The van der Waals surface area contributed by atoms with E-state index < -0.39 is 0 Å². The number of nitrogens with zero attached hydrogens (tertiary/aromatic N) is 1. The van der Waals surface area contributed by atoms with Gasteiger partial charge in [-0.15, -0.1) is 0 Å². The van der Waals surface area contributed by atoms with Crippen LogP contribution in [0, 0.1) is 0 Å². The first-order valence-corrected chi connectivity index (χ1v) is 4.07. The summed E-state index contributed by atoms with van der Waals surface area (Å²) in [7, 11) is 1.68. The number of furan rings is 1. The molecule has 1 aliphatic heterocycles. The number of nitrogens with two attached hydrogens (primary N) is 1. The van der Waals surface area contributed by atoms with Crippen molar-refractivity contribution < 1.29 is 4.42 Å². The highest BCUT2D eigenvalue weighted by atomic mass is 16.3. The van der Waals surface area contributed by atoms with Gasteiger partial charge in [0.05, 0.1) is 6.21 Å². The molecule has 2 rings (SSSR count). The normalized spacial score (nSPS) is 14.5. The summed E-state index contributed by atoms with van der Waals surface area (Å²) in [6.07, 6.45) is 5.51. The summed E-state index contributed by atoms with van der Waals surface area (Å²) in [4.78, 5) is 3.86. The van der Waals surface area contributed by atoms with E-state index in [-0.39, 0.29) is 0 Å². The summed E-state index contributed by atoms with van der Waals surface area (Å²) in [6, 6.07) is 0. The van der Waals surface area contributed by atoms with Gasteiger partial charge in [0.15, 0.2) is 11.5 Å². The van der Waals surface area contributed by atoms with Crippen molar-refractivity contribution in [1.82, 2.24) is 0 Å². The lowest BCUT2D eigenvalue weighted by molar-refractivity contribution is 0.551. The van der Waals surface area contributed by atoms with Gasteiger partial charge in [0.1, 0.15) is 11.4 Å². The maximum absolute atomic E-state index is 5.83. The molecule has 0 unspecified atom stereocenters. The molecule has 0 aliphatic carbocycles. The molecule has 0 spiro atoms. The van der Waals surface area contributed by atoms with Gasteiger partial charge in [-0.3, -0.25) is 4.99 Å². The quantitative estimate of drug-likeness (QED) is 0.636. The van der Waals surface area contributed by atoms with Crippen LogP contribution in [0.5, 0.6) is 0 Å². The maximum Gasteiger partial charge on any atom is 0.170 e. The minimum atomic E-state index is 0.617. The van der Waals surface area contributed by atoms with Crippen molar-refractivity contribution in [2.75, 3.05) is 24.6 Å². The zero-order valence-electron chi connectivity index (χ0n) is 7.37. The molecule has 0 atom stereocenters. The Balaban J connectivity index is 2.51. The molecule has 13 heavy (non-hydrogen) atoms. The third kappa shape index (κ3) is 1.20. The smallest absolute Gasteiger partial charge is 0.170 e. The lowest BCUT2D eigenvalue weighted by atomic mass is 10.2. The average molecular weight is 177 g/mol. The van der Waals surface area contributed by atoms with Crippen LogP contribution in [-0.2, 0) is 0 Å². The Hall–Kier alpha value is -1.71. The van der Waals surface area contributed by atoms with Gasteiger partial charge in [-0.1, -0.05) is 6.08 Å². The third-order valence-electron chi connectivity index (χ3n) is 1.91. The van der Waals surface area contributed by atoms with Crippen molar-refractivity contribution >= 4 is 23.7 Å². The average Bonchev–Trinajstić information content (AvgIpc) is 2.46. The van der Waals surface area contributed by atoms with Gasteiger partial charge in [-0.05, 0) is 6.08 Å². The summed E-state index contributed by atoms with van der Waals surface area (Å²) in [5, 5.41) is 3.14. The van der Waals surface area contributed by atoms with Crippen LogP contribution in [0.4, 0.5) is 11.4 Å². The Morgan fingerprint density at radius 2 is 2.54 bits per heavy atom. The van der Waals surface area contributed by atoms with Crippen LogP contribution in [0.15, 0.2) is 15.5 Å². The molecule has 0 fully saturated rings. The lowest BCUT2D eigenvalue weighted by Gasteiger charge is -2.06. The number of aliphatic imine (C=N–C) groups is 1. The van der Waals surface area contributed by atoms with Crippen LogP contribution in [0.1, 0.15) is 11.5 Å². The second kappa shape index (κ2) is 2.97. The molecular weight excluding hydrogens is 166 g/mol. The molecule has 4 heteroatoms. The van der Waals surface area contributed by atoms with Crippen molar-refractivity contribution in [3.8, 4) is 0 Å². The largest absolute Gasteiger partial charge is 0.451 e. The van der Waals surface area contributed by atoms with Crippen molar-refractivity contribution in [2.45, 2.75) is 0 Å². The summed E-state index contributed by atoms with van der Waals surface area (Å²) in [5.74, 6) is 1.39. The van der Waals surface area contributed by atoms with E-state index in [9.17, 15) is 0 Å². The van der Waals surface area contributed by atoms with Crippen molar-refractivity contribution in [2.24, 2.45) is 4.99 Å². The molecule has 0 bridgehead atoms. The minimum absolute atomic E-state index is 0.617. The molecule has 0 radical (unpaired) electrons. The summed E-state index contributed by atoms with van der Waals surface area (Å²) in [6.45, 7) is 0.791. The van der Waals surface area contributed by atoms with E-state index in [1.54, 1.807) is 13.3 Å². The molecule has 68 valence electrons. The second-order valence-electron chi connectivity index (χ2n) is 2.79. The number of nitrogens with one attached hydrogen (secondary N) is 1. The third-order valence-corrected chi connectivity index (χ3v) is 1.91. The van der Waals surface area contributed by atoms with Gasteiger partial charge >= 0.3 is 0 Å². The molecule has 0 aromatic carbocycles. The molecule has 1 aliphatic rings. The monoisotopic (exact) mass is 177 g/mol. The van der Waals surface area contributed by atoms with Crippen molar-refractivity contribution in [3.63, 3.8) is 0 Å². The lowest BCUT2D eigenvalue weighted by Crippen LogP contribution is -2.04. The van der Waals surface area contributed by atoms with Gasteiger partial charge in [0, 0.05) is 13.6 Å². The van der Waals surface area contributed by atoms with E-state index in [0.29, 0.717) is 11.4 Å². The molecule has 1 aromatic heterocycles. The SMILES string of the molecule is CN=Cc1oc2c(c1N)NCC=C2. The molecular formula is C9H11N3O. The van der Waals surface area contributed by atoms with Crippen molar-refractivity contribution in [1.29, 1.82) is 0 Å². The Morgan fingerprint density at radius 1 is 1.69 bits per heavy atom. The molecule has 4 nitrogen and oxygen atoms in total. The standard InChI is InChI=1S/C9H11N3O/c1-11-5-7-8(10)9-6(13-7)3-2-4-12-9/h2-3,5,12H,4,10H2,1H3. The van der Waals surface area contributed by atoms with E-state index in [1.165, 1.54) is 0 Å². The molecule has 0 saturated carbocycles. The minimum Gasteiger partial charge on any atom is -0.451 e. The molecule has 0 saturated heterocycles. The highest BCUT2D eigenvalue weighted by Crippen LogP contribution is 2.32. The highest BCUT2D eigenvalue weighted by Gasteiger charge is 2.16. The number of nitrogen functional groups attached to an aromatic ring is 1. The fraction of sp³-hybridized carbons (Fsp3) is 0.222. The van der Waals surface area contributed by atoms with Crippen LogP contribution >= 0.6 is 0 Å². The first-order chi connectivity index (χ1) is 6.33. The molecule has 1 aromatic rings.